The minimum atomic E-state index is -0.473. The zero-order valence-corrected chi connectivity index (χ0v) is 21.7. The zero-order chi connectivity index (χ0) is 25.3. The Morgan fingerprint density at radius 3 is 0.722 bits per heavy atom. The maximum Gasteiger partial charge on any atom is 0.123 e. The second-order valence-electron chi connectivity index (χ2n) is 8.93. The third-order valence-corrected chi connectivity index (χ3v) is 11.3. The van der Waals surface area contributed by atoms with Gasteiger partial charge in [0.05, 0.1) is 0 Å². The summed E-state index contributed by atoms with van der Waals surface area (Å²) in [4.78, 5) is 0. The topological polar surface area (TPSA) is 0 Å². The summed E-state index contributed by atoms with van der Waals surface area (Å²) in [7, 11) is -0.946. The molecule has 186 valence electrons. The summed E-state index contributed by atoms with van der Waals surface area (Å²) < 4.78 is 53.8. The van der Waals surface area contributed by atoms with Crippen molar-refractivity contribution in [3.63, 3.8) is 0 Å². The monoisotopic (exact) mass is 526 g/mol. The van der Waals surface area contributed by atoms with Crippen LogP contribution in [0.2, 0.25) is 0 Å². The van der Waals surface area contributed by atoms with Gasteiger partial charge in [0.1, 0.15) is 23.3 Å². The molecule has 0 atom stereocenters. The molecule has 0 amide bonds. The van der Waals surface area contributed by atoms with Crippen LogP contribution in [0, 0.1) is 23.3 Å². The van der Waals surface area contributed by atoms with E-state index in [0.29, 0.717) is 0 Å². The van der Waals surface area contributed by atoms with Crippen molar-refractivity contribution in [2.24, 2.45) is 0 Å². The summed E-state index contributed by atoms with van der Waals surface area (Å²) in [6, 6.07) is 26.7. The highest BCUT2D eigenvalue weighted by Gasteiger charge is 2.16. The van der Waals surface area contributed by atoms with E-state index in [4.69, 9.17) is 0 Å². The average Bonchev–Trinajstić information content (AvgIpc) is 2.88. The van der Waals surface area contributed by atoms with E-state index in [0.717, 1.165) is 59.2 Å². The van der Waals surface area contributed by atoms with Crippen molar-refractivity contribution in [3.05, 3.63) is 143 Å². The summed E-state index contributed by atoms with van der Waals surface area (Å²) in [6.45, 7) is 0. The van der Waals surface area contributed by atoms with Gasteiger partial charge in [-0.05, 0) is 108 Å². The first-order chi connectivity index (χ1) is 17.4. The number of hydrogen-bond donors (Lipinski definition) is 0. The van der Waals surface area contributed by atoms with Crippen molar-refractivity contribution in [2.45, 2.75) is 24.6 Å². The second-order valence-corrected chi connectivity index (χ2v) is 13.8. The van der Waals surface area contributed by atoms with Crippen molar-refractivity contribution in [3.8, 4) is 0 Å². The number of benzene rings is 4. The molecule has 0 radical (unpaired) electrons. The van der Waals surface area contributed by atoms with Crippen molar-refractivity contribution >= 4 is 15.8 Å². The highest BCUT2D eigenvalue weighted by Crippen LogP contribution is 2.50. The highest BCUT2D eigenvalue weighted by atomic mass is 31.1. The summed E-state index contributed by atoms with van der Waals surface area (Å²) >= 11 is 0. The van der Waals surface area contributed by atoms with Gasteiger partial charge in [0.2, 0.25) is 0 Å². The van der Waals surface area contributed by atoms with Gasteiger partial charge in [-0.15, -0.1) is 0 Å². The maximum absolute atomic E-state index is 13.5. The molecule has 0 unspecified atom stereocenters. The lowest BCUT2D eigenvalue weighted by molar-refractivity contribution is 0.627. The van der Waals surface area contributed by atoms with Gasteiger partial charge in [-0.1, -0.05) is 64.4 Å². The van der Waals surface area contributed by atoms with Crippen LogP contribution in [0.3, 0.4) is 0 Å². The summed E-state index contributed by atoms with van der Waals surface area (Å²) in [5, 5.41) is 0. The quantitative estimate of drug-likeness (QED) is 0.135. The van der Waals surface area contributed by atoms with Gasteiger partial charge in [-0.25, -0.2) is 17.6 Å². The first kappa shape index (κ1) is 26.5. The van der Waals surface area contributed by atoms with Crippen LogP contribution in [0.4, 0.5) is 17.6 Å². The molecule has 4 aromatic carbocycles. The Balaban J connectivity index is 1.50. The molecule has 0 bridgehead atoms. The van der Waals surface area contributed by atoms with Crippen LogP contribution in [-0.2, 0) is 24.6 Å². The number of rotatable bonds is 11. The third kappa shape index (κ3) is 8.54. The number of halogens is 4. The van der Waals surface area contributed by atoms with E-state index < -0.39 is 15.8 Å². The van der Waals surface area contributed by atoms with Gasteiger partial charge in [0.25, 0.3) is 0 Å². The van der Waals surface area contributed by atoms with Crippen molar-refractivity contribution in [1.29, 1.82) is 0 Å². The lowest BCUT2D eigenvalue weighted by Gasteiger charge is -2.23. The molecule has 6 heteroatoms. The Hall–Kier alpha value is -2.54. The predicted molar refractivity (Wildman–Crippen MR) is 144 cm³/mol. The Morgan fingerprint density at radius 2 is 0.528 bits per heavy atom. The molecule has 0 saturated heterocycles. The van der Waals surface area contributed by atoms with Gasteiger partial charge in [-0.3, -0.25) is 0 Å². The predicted octanol–water partition coefficient (Wildman–Crippen LogP) is 9.31. The molecule has 4 rings (SSSR count). The Labute approximate surface area is 212 Å². The fourth-order valence-electron chi connectivity index (χ4n) is 4.10. The van der Waals surface area contributed by atoms with Crippen LogP contribution in [-0.4, -0.2) is 12.3 Å². The second kappa shape index (κ2) is 13.1. The smallest absolute Gasteiger partial charge is 0.123 e. The largest absolute Gasteiger partial charge is 0.207 e. The lowest BCUT2D eigenvalue weighted by atomic mass is 10.2. The number of hydrogen-bond acceptors (Lipinski definition) is 0. The minimum Gasteiger partial charge on any atom is -0.207 e. The molecule has 0 aromatic heterocycles. The molecule has 0 saturated carbocycles. The van der Waals surface area contributed by atoms with Crippen LogP contribution in [0.15, 0.2) is 97.1 Å². The lowest BCUT2D eigenvalue weighted by Crippen LogP contribution is -2.01. The maximum atomic E-state index is 13.5. The molecule has 0 aliphatic carbocycles. The normalized spacial score (nSPS) is 11.4. The van der Waals surface area contributed by atoms with E-state index in [2.05, 4.69) is 0 Å². The molecule has 36 heavy (non-hydrogen) atoms. The zero-order valence-electron chi connectivity index (χ0n) is 19.9. The third-order valence-electron chi connectivity index (χ3n) is 6.01. The van der Waals surface area contributed by atoms with Gasteiger partial charge in [0, 0.05) is 0 Å². The first-order valence-electron chi connectivity index (χ1n) is 11.9. The summed E-state index contributed by atoms with van der Waals surface area (Å²) in [6.07, 6.45) is 5.48. The van der Waals surface area contributed by atoms with Gasteiger partial charge >= 0.3 is 0 Å². The van der Waals surface area contributed by atoms with Crippen LogP contribution in [0.5, 0.6) is 0 Å². The van der Waals surface area contributed by atoms with Crippen molar-refractivity contribution in [1.82, 2.24) is 0 Å². The Morgan fingerprint density at radius 1 is 0.333 bits per heavy atom. The molecule has 0 spiro atoms. The standard InChI is InChI=1S/C30H28F4P2/c31-27-9-1-23(2-10-27)19-35(20-24-3-11-28(32)12-4-24)17-18-36(21-25-5-13-29(33)14-6-25)22-26-7-15-30(34)16-8-26/h1-16H,17-22H2. The van der Waals surface area contributed by atoms with Gasteiger partial charge in [0.15, 0.2) is 0 Å². The molecule has 0 heterocycles. The molecule has 0 fully saturated rings. The Kier molecular flexibility index (Phi) is 9.67. The Bertz CT molecular complexity index is 1010. The highest BCUT2D eigenvalue weighted by molar-refractivity contribution is 7.60. The van der Waals surface area contributed by atoms with Crippen LogP contribution in [0.25, 0.3) is 0 Å². The molecule has 0 N–H and O–H groups in total. The SMILES string of the molecule is Fc1ccc(CP(CCP(Cc2ccc(F)cc2)Cc2ccc(F)cc2)Cc2ccc(F)cc2)cc1. The summed E-state index contributed by atoms with van der Waals surface area (Å²) in [5.41, 5.74) is 4.41. The fraction of sp³-hybridized carbons (Fsp3) is 0.200. The van der Waals surface area contributed by atoms with E-state index in [1.165, 1.54) is 48.5 Å². The van der Waals surface area contributed by atoms with E-state index in [1.54, 1.807) is 0 Å². The molecule has 4 aromatic rings. The van der Waals surface area contributed by atoms with Crippen molar-refractivity contribution in [2.75, 3.05) is 12.3 Å². The molecule has 0 nitrogen and oxygen atoms in total. The first-order valence-corrected chi connectivity index (χ1v) is 15.6. The average molecular weight is 526 g/mol. The molecular weight excluding hydrogens is 498 g/mol. The fourth-order valence-corrected chi connectivity index (χ4v) is 10.1. The van der Waals surface area contributed by atoms with Gasteiger partial charge < -0.3 is 0 Å². The molecule has 0 aliphatic rings. The van der Waals surface area contributed by atoms with E-state index in [-0.39, 0.29) is 23.3 Å². The van der Waals surface area contributed by atoms with Gasteiger partial charge in [-0.2, -0.15) is 0 Å². The van der Waals surface area contributed by atoms with Crippen LogP contribution < -0.4 is 0 Å². The van der Waals surface area contributed by atoms with E-state index in [9.17, 15) is 17.6 Å². The van der Waals surface area contributed by atoms with E-state index >= 15 is 0 Å². The van der Waals surface area contributed by atoms with E-state index in [1.807, 2.05) is 48.5 Å². The van der Waals surface area contributed by atoms with Crippen LogP contribution >= 0.6 is 15.8 Å². The van der Waals surface area contributed by atoms with Crippen LogP contribution in [0.1, 0.15) is 22.3 Å². The molecular formula is C30H28F4P2. The molecule has 0 aliphatic heterocycles. The summed E-state index contributed by atoms with van der Waals surface area (Å²) in [5.74, 6) is -0.986. The van der Waals surface area contributed by atoms with Crippen molar-refractivity contribution < 1.29 is 17.6 Å². The minimum absolute atomic E-state index is 0.247.